The monoisotopic (exact) mass is 461 g/mol. The molecule has 1 aliphatic rings. The highest BCUT2D eigenvalue weighted by Gasteiger charge is 2.46. The Hall–Kier alpha value is -1.90. The van der Waals surface area contributed by atoms with Crippen molar-refractivity contribution in [1.82, 2.24) is 5.06 Å². The van der Waals surface area contributed by atoms with E-state index in [4.69, 9.17) is 4.84 Å². The lowest BCUT2D eigenvalue weighted by Gasteiger charge is -2.54. The van der Waals surface area contributed by atoms with Crippen LogP contribution in [0.15, 0.2) is 61.2 Å². The van der Waals surface area contributed by atoms with Crippen LogP contribution in [0.5, 0.6) is 0 Å². The Morgan fingerprint density at radius 3 is 1.97 bits per heavy atom. The normalized spacial score (nSPS) is 18.1. The van der Waals surface area contributed by atoms with Crippen LogP contribution in [0, 0.1) is 0 Å². The summed E-state index contributed by atoms with van der Waals surface area (Å²) in [6, 6.07) is 18.3. The van der Waals surface area contributed by atoms with E-state index in [1.165, 1.54) is 47.9 Å². The van der Waals surface area contributed by atoms with Gasteiger partial charge in [0.1, 0.15) is 0 Å². The molecule has 2 nitrogen and oxygen atoms in total. The van der Waals surface area contributed by atoms with E-state index in [1.807, 2.05) is 6.08 Å². The Bertz CT molecular complexity index is 860. The van der Waals surface area contributed by atoms with E-state index in [0.29, 0.717) is 5.92 Å². The second-order valence-electron chi connectivity index (χ2n) is 11.4. The molecule has 0 radical (unpaired) electrons. The Balaban J connectivity index is 1.63. The van der Waals surface area contributed by atoms with Gasteiger partial charge < -0.3 is 0 Å². The molecule has 2 aromatic rings. The molecule has 1 heterocycles. The molecule has 0 aliphatic carbocycles. The highest BCUT2D eigenvalue weighted by atomic mass is 16.7. The third-order valence-corrected chi connectivity index (χ3v) is 7.37. The molecule has 0 spiro atoms. The first-order valence-corrected chi connectivity index (χ1v) is 13.5. The van der Waals surface area contributed by atoms with Gasteiger partial charge >= 0.3 is 0 Å². The molecule has 3 rings (SSSR count). The summed E-state index contributed by atoms with van der Waals surface area (Å²) in [7, 11) is 0. The van der Waals surface area contributed by atoms with Crippen LogP contribution in [-0.2, 0) is 11.3 Å². The molecule has 0 N–H and O–H groups in total. The number of hydroxylamine groups is 2. The second kappa shape index (κ2) is 12.2. The quantitative estimate of drug-likeness (QED) is 0.231. The van der Waals surface area contributed by atoms with Crippen molar-refractivity contribution in [2.24, 2.45) is 0 Å². The number of rotatable bonds is 12. The fourth-order valence-corrected chi connectivity index (χ4v) is 5.79. The molecule has 1 fully saturated rings. The highest BCUT2D eigenvalue weighted by molar-refractivity contribution is 5.64. The maximum atomic E-state index is 6.42. The number of nitrogens with zero attached hydrogens (tertiary/aromatic N) is 1. The van der Waals surface area contributed by atoms with E-state index in [9.17, 15) is 0 Å². The van der Waals surface area contributed by atoms with Crippen molar-refractivity contribution < 1.29 is 4.84 Å². The van der Waals surface area contributed by atoms with Gasteiger partial charge in [0.25, 0.3) is 0 Å². The molecule has 0 atom stereocenters. The van der Waals surface area contributed by atoms with Gasteiger partial charge in [0, 0.05) is 11.1 Å². The van der Waals surface area contributed by atoms with E-state index in [1.54, 1.807) is 0 Å². The van der Waals surface area contributed by atoms with Gasteiger partial charge in [-0.3, -0.25) is 4.84 Å². The maximum Gasteiger partial charge on any atom is 0.0685 e. The minimum Gasteiger partial charge on any atom is -0.298 e. The lowest BCUT2D eigenvalue weighted by Crippen LogP contribution is -2.59. The minimum atomic E-state index is 0.00970. The lowest BCUT2D eigenvalue weighted by atomic mass is 9.72. The van der Waals surface area contributed by atoms with Gasteiger partial charge in [-0.1, -0.05) is 87.2 Å². The maximum absolute atomic E-state index is 6.42. The smallest absolute Gasteiger partial charge is 0.0685 e. The first-order chi connectivity index (χ1) is 16.3. The van der Waals surface area contributed by atoms with Crippen molar-refractivity contribution >= 4 is 0 Å². The largest absolute Gasteiger partial charge is 0.298 e. The summed E-state index contributed by atoms with van der Waals surface area (Å²) >= 11 is 0. The average Bonchev–Trinajstić information content (AvgIpc) is 2.81. The summed E-state index contributed by atoms with van der Waals surface area (Å²) in [5.74, 6) is 0.546. The molecular formula is C32H47NO. The molecular weight excluding hydrogens is 414 g/mol. The molecule has 1 saturated heterocycles. The number of aryl methyl sites for hydroxylation is 1. The van der Waals surface area contributed by atoms with Crippen molar-refractivity contribution in [3.8, 4) is 11.1 Å². The predicted molar refractivity (Wildman–Crippen MR) is 147 cm³/mol. The predicted octanol–water partition coefficient (Wildman–Crippen LogP) is 9.11. The SMILES string of the molecule is C=CCCc1ccc(-c2ccc(C3CC(C)(C)N(OCCCCCCC)C(C)(C)C3)cc2)cc1. The molecule has 0 bridgehead atoms. The van der Waals surface area contributed by atoms with Gasteiger partial charge in [-0.2, -0.15) is 5.06 Å². The summed E-state index contributed by atoms with van der Waals surface area (Å²) < 4.78 is 0. The van der Waals surface area contributed by atoms with Gasteiger partial charge in [-0.15, -0.1) is 6.58 Å². The molecule has 34 heavy (non-hydrogen) atoms. The molecule has 2 aromatic carbocycles. The molecule has 1 aliphatic heterocycles. The van der Waals surface area contributed by atoms with Gasteiger partial charge in [0.05, 0.1) is 6.61 Å². The van der Waals surface area contributed by atoms with Crippen LogP contribution >= 0.6 is 0 Å². The zero-order valence-corrected chi connectivity index (χ0v) is 22.4. The van der Waals surface area contributed by atoms with Crippen molar-refractivity contribution in [2.45, 2.75) is 109 Å². The second-order valence-corrected chi connectivity index (χ2v) is 11.4. The van der Waals surface area contributed by atoms with Crippen LogP contribution in [0.4, 0.5) is 0 Å². The van der Waals surface area contributed by atoms with Crippen LogP contribution in [-0.4, -0.2) is 22.7 Å². The Morgan fingerprint density at radius 2 is 1.41 bits per heavy atom. The summed E-state index contributed by atoms with van der Waals surface area (Å²) in [5, 5.41) is 2.32. The number of allylic oxidation sites excluding steroid dienone is 1. The fourth-order valence-electron chi connectivity index (χ4n) is 5.79. The van der Waals surface area contributed by atoms with Gasteiger partial charge in [0.15, 0.2) is 0 Å². The first kappa shape index (κ1) is 26.7. The summed E-state index contributed by atoms with van der Waals surface area (Å²) in [6.07, 6.45) is 12.7. The van der Waals surface area contributed by atoms with Crippen molar-refractivity contribution in [3.05, 3.63) is 72.3 Å². The summed E-state index contributed by atoms with van der Waals surface area (Å²) in [5.41, 5.74) is 5.43. The van der Waals surface area contributed by atoms with Gasteiger partial charge in [-0.25, -0.2) is 0 Å². The molecule has 0 aromatic heterocycles. The number of piperidine rings is 1. The van der Waals surface area contributed by atoms with E-state index in [-0.39, 0.29) is 11.1 Å². The molecule has 0 saturated carbocycles. The Labute approximate surface area is 209 Å². The fraction of sp³-hybridized carbons (Fsp3) is 0.562. The average molecular weight is 462 g/mol. The number of hydrogen-bond donors (Lipinski definition) is 0. The van der Waals surface area contributed by atoms with Crippen LogP contribution in [0.3, 0.4) is 0 Å². The third-order valence-electron chi connectivity index (χ3n) is 7.37. The molecule has 186 valence electrons. The summed E-state index contributed by atoms with van der Waals surface area (Å²) in [4.78, 5) is 6.42. The number of unbranched alkanes of at least 4 members (excludes halogenated alkanes) is 4. The zero-order valence-electron chi connectivity index (χ0n) is 22.4. The highest BCUT2D eigenvalue weighted by Crippen LogP contribution is 2.46. The van der Waals surface area contributed by atoms with Gasteiger partial charge in [-0.05, 0) is 88.0 Å². The number of benzene rings is 2. The van der Waals surface area contributed by atoms with E-state index in [0.717, 1.165) is 38.7 Å². The molecule has 0 unspecified atom stereocenters. The Morgan fingerprint density at radius 1 is 0.853 bits per heavy atom. The summed E-state index contributed by atoms with van der Waals surface area (Å²) in [6.45, 7) is 16.3. The lowest BCUT2D eigenvalue weighted by molar-refractivity contribution is -0.283. The topological polar surface area (TPSA) is 12.5 Å². The molecule has 2 heteroatoms. The van der Waals surface area contributed by atoms with Crippen LogP contribution < -0.4 is 0 Å². The minimum absolute atomic E-state index is 0.00970. The standard InChI is InChI=1S/C32H47NO/c1-7-9-11-12-13-23-34-33-31(3,4)24-30(25-32(33,5)6)29-21-19-28(20-22-29)27-17-15-26(16-18-27)14-10-8-2/h8,15-22,30H,2,7,9-14,23-25H2,1,3-6H3. The first-order valence-electron chi connectivity index (χ1n) is 13.5. The van der Waals surface area contributed by atoms with Crippen LogP contribution in [0.25, 0.3) is 11.1 Å². The van der Waals surface area contributed by atoms with Crippen LogP contribution in [0.1, 0.15) is 103 Å². The number of hydrogen-bond acceptors (Lipinski definition) is 2. The third kappa shape index (κ3) is 7.06. The van der Waals surface area contributed by atoms with E-state index in [2.05, 4.69) is 94.8 Å². The van der Waals surface area contributed by atoms with Crippen LogP contribution in [0.2, 0.25) is 0 Å². The van der Waals surface area contributed by atoms with Crippen molar-refractivity contribution in [2.75, 3.05) is 6.61 Å². The molecule has 0 amide bonds. The van der Waals surface area contributed by atoms with E-state index < -0.39 is 0 Å². The zero-order chi connectivity index (χ0) is 24.6. The van der Waals surface area contributed by atoms with E-state index >= 15 is 0 Å². The van der Waals surface area contributed by atoms with Gasteiger partial charge in [0.2, 0.25) is 0 Å². The van der Waals surface area contributed by atoms with Crippen molar-refractivity contribution in [1.29, 1.82) is 0 Å². The van der Waals surface area contributed by atoms with Crippen molar-refractivity contribution in [3.63, 3.8) is 0 Å². The Kier molecular flexibility index (Phi) is 9.56.